The van der Waals surface area contributed by atoms with Crippen LogP contribution in [0, 0.1) is 45.8 Å². The monoisotopic (exact) mass is 794 g/mol. The number of esters is 1. The van der Waals surface area contributed by atoms with Crippen LogP contribution in [-0.2, 0) is 38.1 Å². The van der Waals surface area contributed by atoms with Crippen molar-refractivity contribution in [2.24, 2.45) is 45.8 Å². The molecule has 3 aliphatic heterocycles. The van der Waals surface area contributed by atoms with Crippen LogP contribution in [0.5, 0.6) is 0 Å². The van der Waals surface area contributed by atoms with Crippen molar-refractivity contribution in [2.45, 2.75) is 159 Å². The minimum absolute atomic E-state index is 0.0450. The first-order chi connectivity index (χ1) is 26.4. The summed E-state index contributed by atoms with van der Waals surface area (Å²) in [5.74, 6) is 0.475. The van der Waals surface area contributed by atoms with Crippen LogP contribution < -0.4 is 0 Å². The van der Waals surface area contributed by atoms with E-state index in [1.165, 1.54) is 0 Å². The lowest BCUT2D eigenvalue weighted by molar-refractivity contribution is -0.326. The highest BCUT2D eigenvalue weighted by molar-refractivity contribution is 5.90. The number of hydrogen-bond donors (Lipinski definition) is 7. The van der Waals surface area contributed by atoms with E-state index in [0.717, 1.165) is 38.5 Å². The van der Waals surface area contributed by atoms with Crippen molar-refractivity contribution in [3.8, 4) is 0 Å². The zero-order valence-electron chi connectivity index (χ0n) is 33.1. The van der Waals surface area contributed by atoms with Gasteiger partial charge in [-0.2, -0.15) is 0 Å². The van der Waals surface area contributed by atoms with Crippen LogP contribution in [0.2, 0.25) is 0 Å². The number of hydrogen-bond acceptors (Lipinski definition) is 15. The molecule has 2 bridgehead atoms. The van der Waals surface area contributed by atoms with Crippen LogP contribution in [0.4, 0.5) is 0 Å². The lowest BCUT2D eigenvalue weighted by atomic mass is 9.37. The van der Waals surface area contributed by atoms with E-state index in [9.17, 15) is 50.1 Å². The fourth-order valence-electron chi connectivity index (χ4n) is 12.8. The van der Waals surface area contributed by atoms with Gasteiger partial charge in [-0.3, -0.25) is 9.59 Å². The van der Waals surface area contributed by atoms with Crippen LogP contribution in [0.15, 0.2) is 11.6 Å². The second-order valence-corrected chi connectivity index (χ2v) is 18.6. The van der Waals surface area contributed by atoms with Crippen LogP contribution >= 0.6 is 0 Å². The highest BCUT2D eigenvalue weighted by Gasteiger charge is 2.77. The maximum Gasteiger partial charge on any atom is 0.335 e. The van der Waals surface area contributed by atoms with Gasteiger partial charge in [-0.1, -0.05) is 33.8 Å². The number of carbonyl (C=O) groups is 3. The fourth-order valence-corrected chi connectivity index (χ4v) is 12.8. The van der Waals surface area contributed by atoms with Crippen molar-refractivity contribution in [1.82, 2.24) is 0 Å². The third kappa shape index (κ3) is 6.29. The maximum atomic E-state index is 14.6. The fraction of sp³-hybridized carbons (Fsp3) is 0.878. The van der Waals surface area contributed by atoms with Gasteiger partial charge in [0.05, 0.1) is 30.8 Å². The van der Waals surface area contributed by atoms with Crippen molar-refractivity contribution in [3.63, 3.8) is 0 Å². The molecule has 0 aromatic rings. The second kappa shape index (κ2) is 15.3. The van der Waals surface area contributed by atoms with Crippen molar-refractivity contribution in [3.05, 3.63) is 11.6 Å². The summed E-state index contributed by atoms with van der Waals surface area (Å²) in [6, 6.07) is 0. The zero-order chi connectivity index (χ0) is 40.7. The Morgan fingerprint density at radius 2 is 1.54 bits per heavy atom. The third-order valence-corrected chi connectivity index (χ3v) is 16.3. The van der Waals surface area contributed by atoms with Crippen LogP contribution in [0.1, 0.15) is 92.4 Å². The molecule has 7 N–H and O–H groups in total. The number of aliphatic hydroxyl groups is 7. The van der Waals surface area contributed by atoms with Crippen LogP contribution in [-0.4, -0.2) is 140 Å². The molecular weight excluding hydrogens is 732 g/mol. The van der Waals surface area contributed by atoms with E-state index in [-0.39, 0.29) is 45.9 Å². The molecular formula is C41H62O15. The summed E-state index contributed by atoms with van der Waals surface area (Å²) < 4.78 is 28.4. The number of rotatable bonds is 10. The van der Waals surface area contributed by atoms with E-state index in [4.69, 9.17) is 23.7 Å². The molecule has 7 aliphatic rings. The summed E-state index contributed by atoms with van der Waals surface area (Å²) in [6.07, 6.45) is -7.46. The third-order valence-electron chi connectivity index (χ3n) is 16.3. The summed E-state index contributed by atoms with van der Waals surface area (Å²) in [7, 11) is 0. The van der Waals surface area contributed by atoms with E-state index < -0.39 is 91.6 Å². The van der Waals surface area contributed by atoms with Gasteiger partial charge in [0.1, 0.15) is 60.4 Å². The lowest BCUT2D eigenvalue weighted by Crippen LogP contribution is -2.66. The first kappa shape index (κ1) is 42.2. The normalized spacial score (nSPS) is 50.9. The highest BCUT2D eigenvalue weighted by atomic mass is 16.7. The van der Waals surface area contributed by atoms with Gasteiger partial charge in [0.2, 0.25) is 6.29 Å². The largest absolute Gasteiger partial charge is 0.429 e. The Balaban J connectivity index is 0.951. The van der Waals surface area contributed by atoms with E-state index >= 15 is 0 Å². The topological polar surface area (TPSA) is 239 Å². The predicted octanol–water partition coefficient (Wildman–Crippen LogP) is 0.692. The summed E-state index contributed by atoms with van der Waals surface area (Å²) in [5, 5.41) is 71.4. The highest BCUT2D eigenvalue weighted by Crippen LogP contribution is 2.76. The number of carbonyl (C=O) groups excluding carboxylic acids is 3. The zero-order valence-corrected chi connectivity index (χ0v) is 33.1. The molecule has 15 nitrogen and oxygen atoms in total. The van der Waals surface area contributed by atoms with Crippen molar-refractivity contribution < 1.29 is 73.8 Å². The first-order valence-electron chi connectivity index (χ1n) is 20.6. The number of ether oxygens (including phenoxy) is 5. The average Bonchev–Trinajstić information content (AvgIpc) is 3.57. The van der Waals surface area contributed by atoms with Gasteiger partial charge in [-0.05, 0) is 80.5 Å². The number of ketones is 2. The van der Waals surface area contributed by atoms with Crippen molar-refractivity contribution in [2.75, 3.05) is 19.8 Å². The molecule has 1 spiro atoms. The molecule has 0 aromatic heterocycles. The molecule has 3 saturated heterocycles. The summed E-state index contributed by atoms with van der Waals surface area (Å²) in [5.41, 5.74) is -0.999. The number of fused-ring (bicyclic) bond motifs is 2. The van der Waals surface area contributed by atoms with E-state index in [0.29, 0.717) is 37.6 Å². The summed E-state index contributed by atoms with van der Waals surface area (Å²) in [6.45, 7) is 9.74. The number of aliphatic hydroxyl groups excluding tert-OH is 7. The van der Waals surface area contributed by atoms with Gasteiger partial charge in [0.15, 0.2) is 6.29 Å². The minimum Gasteiger partial charge on any atom is -0.429 e. The van der Waals surface area contributed by atoms with Gasteiger partial charge in [0.25, 0.3) is 0 Å². The predicted molar refractivity (Wildman–Crippen MR) is 194 cm³/mol. The Morgan fingerprint density at radius 1 is 0.875 bits per heavy atom. The van der Waals surface area contributed by atoms with Gasteiger partial charge in [-0.15, -0.1) is 0 Å². The molecule has 0 amide bonds. The standard InChI is InChI=1S/C41H62O15/c1-19(22-11-13-38(4)26-12-14-41-21(3)23(43)9-10-27(41)40(26,18-53-41)28(44)15-39(22,38)5)7-6-8-20(2)35(51)56-37-34(50)32(48)30(46)25(55-37)17-52-36-33(49)31(47)29(45)24(16-42)54-36/h8,19,21-22,24-27,29-34,36-37,42,45-50H,6-7,9-18H2,1-5H3/b20-8+/t19-,21+,22-,24-,25-,26+,27+,29-,30-,31+,32+,33-,34-,36-,37+,38+,39-,40-,41+/m1/s1. The van der Waals surface area contributed by atoms with Gasteiger partial charge < -0.3 is 59.4 Å². The Hall–Kier alpha value is -1.89. The minimum atomic E-state index is -1.79. The Kier molecular flexibility index (Phi) is 11.5. The second-order valence-electron chi connectivity index (χ2n) is 18.6. The average molecular weight is 795 g/mol. The molecule has 15 heteroatoms. The van der Waals surface area contributed by atoms with Gasteiger partial charge in [-0.25, -0.2) is 4.79 Å². The number of Topliss-reactive ketones (excluding diaryl/α,β-unsaturated/α-hetero) is 2. The van der Waals surface area contributed by atoms with Gasteiger partial charge >= 0.3 is 5.97 Å². The van der Waals surface area contributed by atoms with E-state index in [1.54, 1.807) is 13.0 Å². The molecule has 7 rings (SSSR count). The molecule has 7 fully saturated rings. The first-order valence-corrected chi connectivity index (χ1v) is 20.6. The molecule has 316 valence electrons. The Labute approximate surface area is 327 Å². The smallest absolute Gasteiger partial charge is 0.335 e. The maximum absolute atomic E-state index is 14.6. The molecule has 0 radical (unpaired) electrons. The van der Waals surface area contributed by atoms with Crippen molar-refractivity contribution in [1.29, 1.82) is 0 Å². The Bertz CT molecular complexity index is 1550. The van der Waals surface area contributed by atoms with Crippen molar-refractivity contribution >= 4 is 17.5 Å². The summed E-state index contributed by atoms with van der Waals surface area (Å²) in [4.78, 5) is 40.6. The van der Waals surface area contributed by atoms with Crippen LogP contribution in [0.3, 0.4) is 0 Å². The number of allylic oxidation sites excluding steroid dienone is 1. The lowest BCUT2D eigenvalue weighted by Gasteiger charge is -2.64. The van der Waals surface area contributed by atoms with Crippen LogP contribution in [0.25, 0.3) is 0 Å². The summed E-state index contributed by atoms with van der Waals surface area (Å²) >= 11 is 0. The molecule has 4 aliphatic carbocycles. The molecule has 3 heterocycles. The molecule has 19 atom stereocenters. The molecule has 0 aromatic carbocycles. The quantitative estimate of drug-likeness (QED) is 0.119. The molecule has 0 unspecified atom stereocenters. The van der Waals surface area contributed by atoms with Gasteiger partial charge in [0, 0.05) is 30.3 Å². The molecule has 4 saturated carbocycles. The van der Waals surface area contributed by atoms with E-state index in [1.807, 2.05) is 6.92 Å². The SMILES string of the molecule is C/C(=C\CC[C@@H](C)[C@H]1CC[C@@]2(C)[C@@H]3CC[C@@]45OC[C@]3(C(=O)C[C@]12C)[C@@H]4CCC(=O)[C@@H]5C)C(=O)O[C@@H]1O[C@H](CO[C@@H]2O[C@H](CO)[C@@H](O)[C@H](O)[C@H]2O)[C@@H](O)[C@H](O)[C@H]1O. The molecule has 56 heavy (non-hydrogen) atoms. The van der Waals surface area contributed by atoms with E-state index in [2.05, 4.69) is 20.8 Å². The Morgan fingerprint density at radius 3 is 2.23 bits per heavy atom.